The van der Waals surface area contributed by atoms with Crippen LogP contribution in [0.15, 0.2) is 72.8 Å². The number of methoxy groups -OCH3 is 2. The molecular formula is C27H23ClN2O5. The summed E-state index contributed by atoms with van der Waals surface area (Å²) in [5.41, 5.74) is 2.19. The van der Waals surface area contributed by atoms with Gasteiger partial charge in [-0.25, -0.2) is 9.78 Å². The lowest BCUT2D eigenvalue weighted by Crippen LogP contribution is -2.25. The summed E-state index contributed by atoms with van der Waals surface area (Å²) in [6.45, 7) is 0.186. The predicted octanol–water partition coefficient (Wildman–Crippen LogP) is 5.33. The molecule has 0 radical (unpaired) electrons. The fourth-order valence-corrected chi connectivity index (χ4v) is 3.89. The average molecular weight is 491 g/mol. The largest absolute Gasteiger partial charge is 0.480 e. The van der Waals surface area contributed by atoms with Crippen LogP contribution in [0.2, 0.25) is 5.02 Å². The summed E-state index contributed by atoms with van der Waals surface area (Å²) in [7, 11) is 2.71. The van der Waals surface area contributed by atoms with Gasteiger partial charge in [-0.15, -0.1) is 0 Å². The van der Waals surface area contributed by atoms with Gasteiger partial charge in [-0.2, -0.15) is 0 Å². The number of pyridine rings is 1. The Morgan fingerprint density at radius 2 is 1.69 bits per heavy atom. The van der Waals surface area contributed by atoms with Crippen molar-refractivity contribution in [1.82, 2.24) is 10.3 Å². The summed E-state index contributed by atoms with van der Waals surface area (Å²) in [4.78, 5) is 29.4. The minimum Gasteiger partial charge on any atom is -0.480 e. The van der Waals surface area contributed by atoms with Crippen LogP contribution >= 0.6 is 11.6 Å². The zero-order chi connectivity index (χ0) is 24.8. The number of nitrogens with one attached hydrogen (secondary N) is 1. The number of rotatable bonds is 8. The highest BCUT2D eigenvalue weighted by molar-refractivity contribution is 6.31. The number of esters is 1. The molecule has 0 aliphatic heterocycles. The van der Waals surface area contributed by atoms with E-state index in [1.165, 1.54) is 14.2 Å². The molecule has 3 aromatic carbocycles. The summed E-state index contributed by atoms with van der Waals surface area (Å²) in [5.74, 6) is 0.676. The highest BCUT2D eigenvalue weighted by atomic mass is 35.5. The van der Waals surface area contributed by atoms with Gasteiger partial charge in [0.05, 0.1) is 26.2 Å². The van der Waals surface area contributed by atoms with Gasteiger partial charge in [0.15, 0.2) is 0 Å². The van der Waals surface area contributed by atoms with Gasteiger partial charge in [-0.05, 0) is 42.0 Å². The van der Waals surface area contributed by atoms with Gasteiger partial charge in [-0.3, -0.25) is 4.79 Å². The van der Waals surface area contributed by atoms with Crippen molar-refractivity contribution in [1.29, 1.82) is 0 Å². The van der Waals surface area contributed by atoms with Crippen LogP contribution in [0.1, 0.15) is 21.5 Å². The Balaban J connectivity index is 1.53. The van der Waals surface area contributed by atoms with E-state index in [2.05, 4.69) is 10.3 Å². The molecule has 0 aliphatic carbocycles. The van der Waals surface area contributed by atoms with Crippen molar-refractivity contribution in [3.63, 3.8) is 0 Å². The van der Waals surface area contributed by atoms with Gasteiger partial charge in [0.2, 0.25) is 11.8 Å². The van der Waals surface area contributed by atoms with E-state index in [-0.39, 0.29) is 30.3 Å². The molecule has 0 aliphatic rings. The third-order valence-electron chi connectivity index (χ3n) is 5.30. The summed E-state index contributed by atoms with van der Waals surface area (Å²) in [6.07, 6.45) is 0.130. The maximum Gasteiger partial charge on any atom is 0.343 e. The summed E-state index contributed by atoms with van der Waals surface area (Å²) >= 11 is 6.30. The molecule has 0 unspecified atom stereocenters. The fourth-order valence-electron chi connectivity index (χ4n) is 3.64. The molecule has 7 nitrogen and oxygen atoms in total. The van der Waals surface area contributed by atoms with Crippen molar-refractivity contribution >= 4 is 34.4 Å². The molecule has 178 valence electrons. The van der Waals surface area contributed by atoms with Gasteiger partial charge in [0.25, 0.3) is 0 Å². The van der Waals surface area contributed by atoms with Crippen molar-refractivity contribution in [2.24, 2.45) is 0 Å². The number of hydrogen-bond donors (Lipinski definition) is 1. The molecule has 1 amide bonds. The van der Waals surface area contributed by atoms with E-state index in [9.17, 15) is 9.59 Å². The van der Waals surface area contributed by atoms with E-state index >= 15 is 0 Å². The van der Waals surface area contributed by atoms with Crippen molar-refractivity contribution in [3.8, 4) is 17.4 Å². The van der Waals surface area contributed by atoms with E-state index < -0.39 is 5.97 Å². The summed E-state index contributed by atoms with van der Waals surface area (Å²) in [5, 5.41) is 4.00. The molecule has 4 aromatic rings. The van der Waals surface area contributed by atoms with Crippen molar-refractivity contribution in [2.75, 3.05) is 14.2 Å². The highest BCUT2D eigenvalue weighted by Gasteiger charge is 2.18. The number of ether oxygens (including phenoxy) is 3. The number of carbonyl (C=O) groups excluding carboxylic acids is 2. The number of benzene rings is 3. The molecule has 1 N–H and O–H groups in total. The van der Waals surface area contributed by atoms with Gasteiger partial charge < -0.3 is 19.5 Å². The Bertz CT molecular complexity index is 1380. The first-order valence-corrected chi connectivity index (χ1v) is 11.2. The molecule has 1 heterocycles. The smallest absolute Gasteiger partial charge is 0.343 e. The van der Waals surface area contributed by atoms with Crippen LogP contribution in [0.4, 0.5) is 0 Å². The van der Waals surface area contributed by atoms with Crippen LogP contribution in [0, 0.1) is 0 Å². The van der Waals surface area contributed by atoms with E-state index in [4.69, 9.17) is 25.8 Å². The predicted molar refractivity (Wildman–Crippen MR) is 133 cm³/mol. The van der Waals surface area contributed by atoms with E-state index in [1.54, 1.807) is 18.2 Å². The Labute approximate surface area is 207 Å². The molecule has 0 spiro atoms. The Morgan fingerprint density at radius 3 is 2.43 bits per heavy atom. The van der Waals surface area contributed by atoms with E-state index in [0.29, 0.717) is 33.0 Å². The lowest BCUT2D eigenvalue weighted by molar-refractivity contribution is -0.120. The minimum atomic E-state index is -0.567. The van der Waals surface area contributed by atoms with Crippen LogP contribution in [0.3, 0.4) is 0 Å². The molecule has 35 heavy (non-hydrogen) atoms. The Hall–Kier alpha value is -4.10. The van der Waals surface area contributed by atoms with Crippen LogP contribution in [0.25, 0.3) is 10.9 Å². The standard InChI is InChI=1S/C27H23ClN2O5/c1-33-26-22(27(32)34-2)14-18-12-20(28)13-19(25(18)30-26)16-29-24(31)15-17-8-6-7-11-23(17)35-21-9-4-3-5-10-21/h3-14H,15-16H2,1-2H3,(H,29,31). The topological polar surface area (TPSA) is 86.8 Å². The third-order valence-corrected chi connectivity index (χ3v) is 5.51. The normalized spacial score (nSPS) is 10.6. The lowest BCUT2D eigenvalue weighted by atomic mass is 10.1. The first-order valence-electron chi connectivity index (χ1n) is 10.8. The molecular weight excluding hydrogens is 468 g/mol. The third kappa shape index (κ3) is 5.70. The van der Waals surface area contributed by atoms with Crippen molar-refractivity contribution in [2.45, 2.75) is 13.0 Å². The second-order valence-corrected chi connectivity index (χ2v) is 8.09. The van der Waals surface area contributed by atoms with Gasteiger partial charge in [0, 0.05) is 22.5 Å². The Morgan fingerprint density at radius 1 is 0.943 bits per heavy atom. The van der Waals surface area contributed by atoms with E-state index in [1.807, 2.05) is 54.6 Å². The number of carbonyl (C=O) groups is 2. The maximum atomic E-state index is 12.8. The van der Waals surface area contributed by atoms with Gasteiger partial charge in [-0.1, -0.05) is 48.0 Å². The number of amides is 1. The van der Waals surface area contributed by atoms with Crippen molar-refractivity contribution < 1.29 is 23.8 Å². The van der Waals surface area contributed by atoms with Crippen LogP contribution in [-0.4, -0.2) is 31.1 Å². The molecule has 0 saturated carbocycles. The first-order chi connectivity index (χ1) is 17.0. The fraction of sp³-hybridized carbons (Fsp3) is 0.148. The number of hydrogen-bond acceptors (Lipinski definition) is 6. The second kappa shape index (κ2) is 10.9. The SMILES string of the molecule is COC(=O)c1cc2cc(Cl)cc(CNC(=O)Cc3ccccc3Oc3ccccc3)c2nc1OC. The van der Waals surface area contributed by atoms with E-state index in [0.717, 1.165) is 5.56 Å². The number of fused-ring (bicyclic) bond motifs is 1. The van der Waals surface area contributed by atoms with Crippen molar-refractivity contribution in [3.05, 3.63) is 94.5 Å². The number of aromatic nitrogens is 1. The monoisotopic (exact) mass is 490 g/mol. The molecule has 8 heteroatoms. The quantitative estimate of drug-likeness (QED) is 0.336. The van der Waals surface area contributed by atoms with Crippen LogP contribution in [-0.2, 0) is 22.5 Å². The number of halogens is 1. The average Bonchev–Trinajstić information content (AvgIpc) is 2.87. The maximum absolute atomic E-state index is 12.8. The Kier molecular flexibility index (Phi) is 7.48. The van der Waals surface area contributed by atoms with Crippen LogP contribution < -0.4 is 14.8 Å². The zero-order valence-corrected chi connectivity index (χ0v) is 20.0. The number of para-hydroxylation sites is 2. The zero-order valence-electron chi connectivity index (χ0n) is 19.2. The second-order valence-electron chi connectivity index (χ2n) is 7.65. The minimum absolute atomic E-state index is 0.130. The van der Waals surface area contributed by atoms with Gasteiger partial charge >= 0.3 is 5.97 Å². The number of nitrogens with zero attached hydrogens (tertiary/aromatic N) is 1. The molecule has 0 bridgehead atoms. The highest BCUT2D eigenvalue weighted by Crippen LogP contribution is 2.29. The summed E-state index contributed by atoms with van der Waals surface area (Å²) < 4.78 is 16.0. The lowest BCUT2D eigenvalue weighted by Gasteiger charge is -2.13. The molecule has 1 aromatic heterocycles. The first kappa shape index (κ1) is 24.0. The molecule has 0 atom stereocenters. The van der Waals surface area contributed by atoms with Gasteiger partial charge in [0.1, 0.15) is 17.1 Å². The summed E-state index contributed by atoms with van der Waals surface area (Å²) in [6, 6.07) is 21.8. The molecule has 0 fully saturated rings. The molecule has 0 saturated heterocycles. The van der Waals surface area contributed by atoms with Crippen LogP contribution in [0.5, 0.6) is 17.4 Å². The molecule has 4 rings (SSSR count).